The van der Waals surface area contributed by atoms with Gasteiger partial charge in [0.1, 0.15) is 16.5 Å². The quantitative estimate of drug-likeness (QED) is 0.778. The largest absolute Gasteiger partial charge is 0.493 e. The number of fused-ring (bicyclic) bond motifs is 2. The van der Waals surface area contributed by atoms with Crippen LogP contribution < -0.4 is 4.74 Å². The van der Waals surface area contributed by atoms with Crippen molar-refractivity contribution in [1.82, 2.24) is 4.98 Å². The Balaban J connectivity index is 1.50. The predicted molar refractivity (Wildman–Crippen MR) is 89.7 cm³/mol. The first-order valence-electron chi connectivity index (χ1n) is 8.89. The summed E-state index contributed by atoms with van der Waals surface area (Å²) in [5, 5.41) is 0.464. The fraction of sp³-hybridized carbons (Fsp3) is 0.722. The lowest BCUT2D eigenvalue weighted by Gasteiger charge is -2.34. The molecule has 0 saturated carbocycles. The molecule has 0 bridgehead atoms. The van der Waals surface area contributed by atoms with Gasteiger partial charge in [-0.25, -0.2) is 4.98 Å². The molecule has 0 N–H and O–H groups in total. The summed E-state index contributed by atoms with van der Waals surface area (Å²) >= 11 is 6.27. The molecule has 6 heteroatoms. The molecule has 5 nitrogen and oxygen atoms in total. The van der Waals surface area contributed by atoms with Crippen molar-refractivity contribution in [2.45, 2.75) is 37.7 Å². The van der Waals surface area contributed by atoms with Crippen LogP contribution in [0.5, 0.6) is 5.75 Å². The van der Waals surface area contributed by atoms with Gasteiger partial charge >= 0.3 is 0 Å². The zero-order valence-corrected chi connectivity index (χ0v) is 14.6. The van der Waals surface area contributed by atoms with Crippen molar-refractivity contribution >= 4 is 11.6 Å². The van der Waals surface area contributed by atoms with Crippen LogP contribution in [0.25, 0.3) is 0 Å². The molecule has 1 spiro atoms. The number of hydrogen-bond donors (Lipinski definition) is 0. The summed E-state index contributed by atoms with van der Waals surface area (Å²) in [5.41, 5.74) is 1.63. The number of hydrogen-bond acceptors (Lipinski definition) is 5. The number of halogens is 1. The first-order chi connectivity index (χ1) is 11.8. The van der Waals surface area contributed by atoms with Crippen molar-refractivity contribution in [3.63, 3.8) is 0 Å². The summed E-state index contributed by atoms with van der Waals surface area (Å²) in [4.78, 5) is 4.57. The molecule has 2 fully saturated rings. The van der Waals surface area contributed by atoms with E-state index in [2.05, 4.69) is 4.98 Å². The maximum Gasteiger partial charge on any atom is 0.136 e. The lowest BCUT2D eigenvalue weighted by Crippen LogP contribution is -2.37. The van der Waals surface area contributed by atoms with Gasteiger partial charge < -0.3 is 18.9 Å². The van der Waals surface area contributed by atoms with E-state index in [9.17, 15) is 0 Å². The number of ether oxygens (including phenoxy) is 4. The van der Waals surface area contributed by atoms with Gasteiger partial charge in [-0.1, -0.05) is 11.6 Å². The van der Waals surface area contributed by atoms with Crippen molar-refractivity contribution in [2.24, 2.45) is 5.92 Å². The van der Waals surface area contributed by atoms with E-state index >= 15 is 0 Å². The molecule has 3 aliphatic heterocycles. The first kappa shape index (κ1) is 16.6. The highest BCUT2D eigenvalue weighted by Crippen LogP contribution is 2.42. The minimum absolute atomic E-state index is 0.433. The van der Waals surface area contributed by atoms with E-state index in [0.29, 0.717) is 37.5 Å². The maximum atomic E-state index is 6.27. The lowest BCUT2D eigenvalue weighted by atomic mass is 9.90. The minimum atomic E-state index is -0.433. The number of nitrogens with zero attached hydrogens (tertiary/aromatic N) is 1. The Kier molecular flexibility index (Phi) is 4.95. The van der Waals surface area contributed by atoms with Crippen LogP contribution in [0.3, 0.4) is 0 Å². The molecule has 132 valence electrons. The fourth-order valence-electron chi connectivity index (χ4n) is 3.90. The van der Waals surface area contributed by atoms with Crippen LogP contribution in [0, 0.1) is 5.92 Å². The van der Waals surface area contributed by atoms with E-state index in [-0.39, 0.29) is 0 Å². The van der Waals surface area contributed by atoms with Crippen molar-refractivity contribution in [3.8, 4) is 5.75 Å². The summed E-state index contributed by atoms with van der Waals surface area (Å²) in [7, 11) is 0. The number of aromatic nitrogens is 1. The van der Waals surface area contributed by atoms with Gasteiger partial charge in [-0.2, -0.15) is 0 Å². The molecule has 4 heterocycles. The SMILES string of the molecule is Clc1cc(OCCC2CCOCC2)c2c(n1)[C@]1(CCOC1)OCC2. The zero-order valence-electron chi connectivity index (χ0n) is 13.9. The second-order valence-corrected chi connectivity index (χ2v) is 7.25. The Labute approximate surface area is 147 Å². The molecule has 0 unspecified atom stereocenters. The van der Waals surface area contributed by atoms with Gasteiger partial charge in [0.25, 0.3) is 0 Å². The summed E-state index contributed by atoms with van der Waals surface area (Å²) in [6.07, 6.45) is 4.96. The van der Waals surface area contributed by atoms with Crippen LogP contribution in [0.4, 0.5) is 0 Å². The van der Waals surface area contributed by atoms with E-state index < -0.39 is 5.60 Å². The summed E-state index contributed by atoms with van der Waals surface area (Å²) in [6, 6.07) is 1.85. The molecule has 4 rings (SSSR count). The normalized spacial score (nSPS) is 27.4. The molecular formula is C18H24ClNO4. The Hall–Kier alpha value is -0.880. The highest BCUT2D eigenvalue weighted by molar-refractivity contribution is 6.29. The molecule has 0 amide bonds. The van der Waals surface area contributed by atoms with Gasteiger partial charge in [0.05, 0.1) is 25.5 Å². The lowest BCUT2D eigenvalue weighted by molar-refractivity contribution is -0.0670. The Morgan fingerprint density at radius 3 is 2.88 bits per heavy atom. The third-order valence-corrected chi connectivity index (χ3v) is 5.52. The molecule has 24 heavy (non-hydrogen) atoms. The van der Waals surface area contributed by atoms with Crippen LogP contribution in [-0.2, 0) is 26.2 Å². The maximum absolute atomic E-state index is 6.27. The molecule has 1 aromatic rings. The predicted octanol–water partition coefficient (Wildman–Crippen LogP) is 3.12. The van der Waals surface area contributed by atoms with Gasteiger partial charge in [-0.3, -0.25) is 0 Å². The number of rotatable bonds is 4. The van der Waals surface area contributed by atoms with Gasteiger partial charge in [-0.05, 0) is 25.2 Å². The van der Waals surface area contributed by atoms with Crippen molar-refractivity contribution < 1.29 is 18.9 Å². The zero-order chi connectivity index (χ0) is 16.4. The molecule has 0 aromatic carbocycles. The molecular weight excluding hydrogens is 330 g/mol. The summed E-state index contributed by atoms with van der Waals surface area (Å²) in [6.45, 7) is 4.39. The van der Waals surface area contributed by atoms with Gasteiger partial charge in [-0.15, -0.1) is 0 Å². The van der Waals surface area contributed by atoms with Crippen LogP contribution in [0.15, 0.2) is 6.07 Å². The number of pyridine rings is 1. The Bertz CT molecular complexity index is 583. The van der Waals surface area contributed by atoms with Crippen molar-refractivity contribution in [1.29, 1.82) is 0 Å². The standard InChI is InChI=1S/C18H24ClNO4/c19-16-11-15(23-8-3-13-1-6-21-7-2-13)14-4-9-24-18(17(14)20-16)5-10-22-12-18/h11,13H,1-10,12H2/t18-/m1/s1. The van der Waals surface area contributed by atoms with Crippen LogP contribution in [-0.4, -0.2) is 44.6 Å². The molecule has 0 aliphatic carbocycles. The molecule has 2 saturated heterocycles. The monoisotopic (exact) mass is 353 g/mol. The van der Waals surface area contributed by atoms with Crippen molar-refractivity contribution in [3.05, 3.63) is 22.5 Å². The average Bonchev–Trinajstić information content (AvgIpc) is 3.06. The fourth-order valence-corrected chi connectivity index (χ4v) is 4.08. The highest BCUT2D eigenvalue weighted by Gasteiger charge is 2.44. The second-order valence-electron chi connectivity index (χ2n) is 6.86. The Morgan fingerprint density at radius 1 is 1.21 bits per heavy atom. The van der Waals surface area contributed by atoms with Gasteiger partial charge in [0, 0.05) is 44.3 Å². The third-order valence-electron chi connectivity index (χ3n) is 5.32. The average molecular weight is 354 g/mol. The topological polar surface area (TPSA) is 49.8 Å². The van der Waals surface area contributed by atoms with Gasteiger partial charge in [0.15, 0.2) is 0 Å². The summed E-state index contributed by atoms with van der Waals surface area (Å²) < 4.78 is 23.2. The molecule has 3 aliphatic rings. The molecule has 1 aromatic heterocycles. The minimum Gasteiger partial charge on any atom is -0.493 e. The molecule has 0 radical (unpaired) electrons. The van der Waals surface area contributed by atoms with E-state index in [0.717, 1.165) is 62.3 Å². The van der Waals surface area contributed by atoms with Crippen LogP contribution in [0.2, 0.25) is 5.15 Å². The van der Waals surface area contributed by atoms with E-state index in [1.807, 2.05) is 6.07 Å². The summed E-state index contributed by atoms with van der Waals surface area (Å²) in [5.74, 6) is 1.57. The van der Waals surface area contributed by atoms with Gasteiger partial charge in [0.2, 0.25) is 0 Å². The van der Waals surface area contributed by atoms with Crippen molar-refractivity contribution in [2.75, 3.05) is 39.6 Å². The van der Waals surface area contributed by atoms with E-state index in [1.165, 1.54) is 0 Å². The second kappa shape index (κ2) is 7.16. The highest BCUT2D eigenvalue weighted by atomic mass is 35.5. The van der Waals surface area contributed by atoms with E-state index in [1.54, 1.807) is 0 Å². The van der Waals surface area contributed by atoms with Crippen LogP contribution in [0.1, 0.15) is 36.9 Å². The molecule has 1 atom stereocenters. The van der Waals surface area contributed by atoms with Crippen LogP contribution >= 0.6 is 11.6 Å². The Morgan fingerprint density at radius 2 is 2.08 bits per heavy atom. The smallest absolute Gasteiger partial charge is 0.136 e. The van der Waals surface area contributed by atoms with E-state index in [4.69, 9.17) is 30.5 Å². The third kappa shape index (κ3) is 3.27. The first-order valence-corrected chi connectivity index (χ1v) is 9.27.